The van der Waals surface area contributed by atoms with Crippen molar-refractivity contribution >= 4 is 40.0 Å². The Labute approximate surface area is 153 Å². The number of esters is 1. The molecule has 134 valence electrons. The highest BCUT2D eigenvalue weighted by Crippen LogP contribution is 2.36. The molecule has 0 saturated carbocycles. The number of methoxy groups -OCH3 is 1. The third-order valence-corrected chi connectivity index (χ3v) is 6.98. The number of nitrogens with one attached hydrogen (secondary N) is 1. The number of fused-ring (bicyclic) bond motifs is 2. The molecule has 2 heterocycles. The SMILES string of the molecule is COC(=O)c1ccc(S(=O)(=O)N2C3CCNCC2CC3)c(Cl)c1.Cl. The Morgan fingerprint density at radius 1 is 1.29 bits per heavy atom. The molecule has 2 aliphatic heterocycles. The minimum atomic E-state index is -3.69. The second kappa shape index (κ2) is 7.58. The fourth-order valence-electron chi connectivity index (χ4n) is 3.40. The molecule has 2 bridgehead atoms. The molecule has 0 aromatic heterocycles. The Morgan fingerprint density at radius 2 is 2.00 bits per heavy atom. The van der Waals surface area contributed by atoms with Crippen LogP contribution >= 0.6 is 24.0 Å². The molecule has 24 heavy (non-hydrogen) atoms. The van der Waals surface area contributed by atoms with Gasteiger partial charge in [-0.05, 0) is 44.0 Å². The first kappa shape index (κ1) is 19.5. The summed E-state index contributed by atoms with van der Waals surface area (Å²) in [5.74, 6) is -0.546. The summed E-state index contributed by atoms with van der Waals surface area (Å²) in [4.78, 5) is 11.6. The lowest BCUT2D eigenvalue weighted by molar-refractivity contribution is 0.0600. The summed E-state index contributed by atoms with van der Waals surface area (Å²) >= 11 is 6.16. The van der Waals surface area contributed by atoms with Crippen LogP contribution in [0.1, 0.15) is 29.6 Å². The zero-order valence-electron chi connectivity index (χ0n) is 13.2. The molecule has 9 heteroatoms. The Bertz CT molecular complexity index is 712. The van der Waals surface area contributed by atoms with Crippen molar-refractivity contribution in [1.82, 2.24) is 9.62 Å². The van der Waals surface area contributed by atoms with E-state index in [1.807, 2.05) is 0 Å². The predicted molar refractivity (Wildman–Crippen MR) is 93.4 cm³/mol. The molecule has 1 aromatic rings. The Balaban J connectivity index is 0.00000208. The van der Waals surface area contributed by atoms with E-state index in [1.54, 1.807) is 4.31 Å². The first-order chi connectivity index (χ1) is 10.9. The molecule has 3 rings (SSSR count). The highest BCUT2D eigenvalue weighted by atomic mass is 35.5. The fraction of sp³-hybridized carbons (Fsp3) is 0.533. The van der Waals surface area contributed by atoms with Gasteiger partial charge in [0.15, 0.2) is 0 Å². The summed E-state index contributed by atoms with van der Waals surface area (Å²) in [7, 11) is -2.43. The van der Waals surface area contributed by atoms with Crippen LogP contribution in [0.4, 0.5) is 0 Å². The minimum absolute atomic E-state index is 0. The standard InChI is InChI=1S/C15H19ClN2O4S.ClH/c1-22-15(19)10-2-5-14(13(16)8-10)23(20,21)18-11-3-4-12(18)9-17-7-6-11;/h2,5,8,11-12,17H,3-4,6-7,9H2,1H3;1H. The van der Waals surface area contributed by atoms with Crippen molar-refractivity contribution in [2.45, 2.75) is 36.2 Å². The predicted octanol–water partition coefficient (Wildman–Crippen LogP) is 2.06. The number of hydrogen-bond donors (Lipinski definition) is 1. The van der Waals surface area contributed by atoms with E-state index < -0.39 is 16.0 Å². The molecule has 2 aliphatic rings. The monoisotopic (exact) mass is 394 g/mol. The number of halogens is 2. The number of rotatable bonds is 3. The lowest BCUT2D eigenvalue weighted by Gasteiger charge is -2.27. The molecule has 2 atom stereocenters. The van der Waals surface area contributed by atoms with Crippen molar-refractivity contribution in [3.8, 4) is 0 Å². The van der Waals surface area contributed by atoms with E-state index in [-0.39, 0.29) is 40.0 Å². The Morgan fingerprint density at radius 3 is 2.67 bits per heavy atom. The minimum Gasteiger partial charge on any atom is -0.465 e. The summed E-state index contributed by atoms with van der Waals surface area (Å²) in [5, 5.41) is 3.32. The van der Waals surface area contributed by atoms with Gasteiger partial charge in [0.2, 0.25) is 10.0 Å². The smallest absolute Gasteiger partial charge is 0.337 e. The summed E-state index contributed by atoms with van der Waals surface area (Å²) in [5.41, 5.74) is 0.233. The van der Waals surface area contributed by atoms with Crippen LogP contribution in [0.5, 0.6) is 0 Å². The molecular weight excluding hydrogens is 375 g/mol. The zero-order chi connectivity index (χ0) is 16.6. The molecule has 2 saturated heterocycles. The van der Waals surface area contributed by atoms with Gasteiger partial charge in [0, 0.05) is 18.6 Å². The van der Waals surface area contributed by atoms with E-state index in [0.717, 1.165) is 25.8 Å². The zero-order valence-corrected chi connectivity index (χ0v) is 15.6. The second-order valence-electron chi connectivity index (χ2n) is 5.85. The Hall–Kier alpha value is -0.860. The molecule has 1 aromatic carbocycles. The highest BCUT2D eigenvalue weighted by Gasteiger charge is 2.43. The highest BCUT2D eigenvalue weighted by molar-refractivity contribution is 7.89. The van der Waals surface area contributed by atoms with Crippen molar-refractivity contribution in [1.29, 1.82) is 0 Å². The average molecular weight is 395 g/mol. The number of sulfonamides is 1. The third-order valence-electron chi connectivity index (χ3n) is 4.50. The third kappa shape index (κ3) is 3.41. The van der Waals surface area contributed by atoms with Gasteiger partial charge >= 0.3 is 5.97 Å². The van der Waals surface area contributed by atoms with Crippen molar-refractivity contribution in [2.24, 2.45) is 0 Å². The van der Waals surface area contributed by atoms with Crippen molar-refractivity contribution < 1.29 is 17.9 Å². The number of nitrogens with zero attached hydrogens (tertiary/aromatic N) is 1. The molecule has 0 amide bonds. The van der Waals surface area contributed by atoms with Crippen LogP contribution in [-0.2, 0) is 14.8 Å². The topological polar surface area (TPSA) is 75.7 Å². The van der Waals surface area contributed by atoms with Crippen LogP contribution in [-0.4, -0.2) is 51.0 Å². The molecule has 0 spiro atoms. The summed E-state index contributed by atoms with van der Waals surface area (Å²) in [6.07, 6.45) is 2.53. The van der Waals surface area contributed by atoms with Crippen molar-refractivity contribution in [3.63, 3.8) is 0 Å². The molecule has 6 nitrogen and oxygen atoms in total. The van der Waals surface area contributed by atoms with E-state index >= 15 is 0 Å². The first-order valence-corrected chi connectivity index (χ1v) is 9.39. The van der Waals surface area contributed by atoms with Gasteiger partial charge in [0.1, 0.15) is 4.90 Å². The number of carbonyl (C=O) groups is 1. The molecule has 2 unspecified atom stereocenters. The number of carbonyl (C=O) groups excluding carboxylic acids is 1. The molecule has 2 fully saturated rings. The first-order valence-electron chi connectivity index (χ1n) is 7.57. The van der Waals surface area contributed by atoms with E-state index in [4.69, 9.17) is 11.6 Å². The Kier molecular flexibility index (Phi) is 6.14. The van der Waals surface area contributed by atoms with Crippen LogP contribution in [0.25, 0.3) is 0 Å². The molecule has 0 radical (unpaired) electrons. The largest absolute Gasteiger partial charge is 0.465 e. The number of hydrogen-bond acceptors (Lipinski definition) is 5. The van der Waals surface area contributed by atoms with Gasteiger partial charge in [-0.3, -0.25) is 0 Å². The summed E-state index contributed by atoms with van der Waals surface area (Å²) in [6.45, 7) is 1.48. The van der Waals surface area contributed by atoms with E-state index in [1.165, 1.54) is 25.3 Å². The maximum atomic E-state index is 13.1. The van der Waals surface area contributed by atoms with E-state index in [2.05, 4.69) is 10.1 Å². The quantitative estimate of drug-likeness (QED) is 0.793. The van der Waals surface area contributed by atoms with Gasteiger partial charge in [0.05, 0.1) is 17.7 Å². The van der Waals surface area contributed by atoms with Crippen LogP contribution in [0.15, 0.2) is 23.1 Å². The molecule has 1 N–H and O–H groups in total. The summed E-state index contributed by atoms with van der Waals surface area (Å²) in [6, 6.07) is 4.14. The maximum absolute atomic E-state index is 13.1. The second-order valence-corrected chi connectivity index (χ2v) is 8.07. The maximum Gasteiger partial charge on any atom is 0.337 e. The normalized spacial score (nSPS) is 24.1. The molecule has 0 aliphatic carbocycles. The van der Waals surface area contributed by atoms with Crippen molar-refractivity contribution in [3.05, 3.63) is 28.8 Å². The van der Waals surface area contributed by atoms with Crippen LogP contribution in [0, 0.1) is 0 Å². The molecular formula is C15H20Cl2N2O4S. The number of ether oxygens (including phenoxy) is 1. The van der Waals surface area contributed by atoms with Crippen LogP contribution in [0.3, 0.4) is 0 Å². The van der Waals surface area contributed by atoms with E-state index in [0.29, 0.717) is 6.54 Å². The van der Waals surface area contributed by atoms with Gasteiger partial charge in [0.25, 0.3) is 0 Å². The summed E-state index contributed by atoms with van der Waals surface area (Å²) < 4.78 is 32.4. The fourth-order valence-corrected chi connectivity index (χ4v) is 5.82. The van der Waals surface area contributed by atoms with Gasteiger partial charge < -0.3 is 10.1 Å². The van der Waals surface area contributed by atoms with E-state index in [9.17, 15) is 13.2 Å². The van der Waals surface area contributed by atoms with Gasteiger partial charge in [-0.2, -0.15) is 4.31 Å². The van der Waals surface area contributed by atoms with Crippen LogP contribution < -0.4 is 5.32 Å². The van der Waals surface area contributed by atoms with Crippen molar-refractivity contribution in [2.75, 3.05) is 20.2 Å². The van der Waals surface area contributed by atoms with Crippen LogP contribution in [0.2, 0.25) is 5.02 Å². The lowest BCUT2D eigenvalue weighted by Crippen LogP contribution is -2.42. The van der Waals surface area contributed by atoms with Gasteiger partial charge in [-0.15, -0.1) is 12.4 Å². The average Bonchev–Trinajstić information content (AvgIpc) is 2.79. The lowest BCUT2D eigenvalue weighted by atomic mass is 10.1. The van der Waals surface area contributed by atoms with Gasteiger partial charge in [-0.1, -0.05) is 11.6 Å². The number of benzene rings is 1. The van der Waals surface area contributed by atoms with Gasteiger partial charge in [-0.25, -0.2) is 13.2 Å².